The number of fused-ring (bicyclic) bond motifs is 9. The maximum atomic E-state index is 6.69. The van der Waals surface area contributed by atoms with Crippen LogP contribution in [0.15, 0.2) is 151 Å². The molecule has 0 saturated heterocycles. The first-order valence-corrected chi connectivity index (χ1v) is 14.5. The van der Waals surface area contributed by atoms with E-state index in [-0.39, 0.29) is 0 Å². The van der Waals surface area contributed by atoms with Gasteiger partial charge in [-0.15, -0.1) is 0 Å². The number of nitrogen functional groups attached to an aromatic ring is 1. The van der Waals surface area contributed by atoms with Gasteiger partial charge in [-0.3, -0.25) is 4.99 Å². The molecule has 0 saturated carbocycles. The first-order valence-electron chi connectivity index (χ1n) is 14.5. The van der Waals surface area contributed by atoms with E-state index in [0.29, 0.717) is 5.69 Å². The van der Waals surface area contributed by atoms with E-state index < -0.39 is 0 Å². The molecule has 0 radical (unpaired) electrons. The molecule has 0 aromatic heterocycles. The molecule has 0 aliphatic rings. The Labute approximate surface area is 250 Å². The van der Waals surface area contributed by atoms with Crippen molar-refractivity contribution in [2.75, 3.05) is 5.73 Å². The fourth-order valence-electron chi connectivity index (χ4n) is 6.61. The lowest BCUT2D eigenvalue weighted by atomic mass is 9.91. The van der Waals surface area contributed by atoms with Crippen LogP contribution in [0.1, 0.15) is 0 Å². The monoisotopic (exact) mass is 548 g/mol. The normalized spacial score (nSPS) is 11.8. The van der Waals surface area contributed by atoms with Gasteiger partial charge in [0, 0.05) is 17.0 Å². The quantitative estimate of drug-likeness (QED) is 0.133. The number of rotatable bonds is 4. The van der Waals surface area contributed by atoms with E-state index in [9.17, 15) is 0 Å². The van der Waals surface area contributed by atoms with Crippen LogP contribution in [0.5, 0.6) is 0 Å². The van der Waals surface area contributed by atoms with Gasteiger partial charge in [0.15, 0.2) is 0 Å². The van der Waals surface area contributed by atoms with Gasteiger partial charge in [-0.1, -0.05) is 128 Å². The summed E-state index contributed by atoms with van der Waals surface area (Å²) in [5.41, 5.74) is 12.8. The molecule has 202 valence electrons. The Balaban J connectivity index is 1.31. The van der Waals surface area contributed by atoms with Crippen molar-refractivity contribution in [2.45, 2.75) is 0 Å². The summed E-state index contributed by atoms with van der Waals surface area (Å²) in [5, 5.41) is 12.0. The summed E-state index contributed by atoms with van der Waals surface area (Å²) in [7, 11) is 0. The number of aliphatic imine (C=N–C) groups is 1. The maximum absolute atomic E-state index is 6.69. The summed E-state index contributed by atoms with van der Waals surface area (Å²) in [5.74, 6) is 0. The van der Waals surface area contributed by atoms with Gasteiger partial charge < -0.3 is 5.73 Å². The van der Waals surface area contributed by atoms with Crippen LogP contribution in [0, 0.1) is 0 Å². The SMILES string of the molecule is C=C/C=N\c1c(N)c2ccccc2c2ccc(-c3cccc(-c4ccc5c6ccccc6c6ccccc6c5c4)c3)cc12. The van der Waals surface area contributed by atoms with Crippen LogP contribution in [-0.2, 0) is 0 Å². The standard InChI is InChI=1S/C41H28N2/c1-2-22-43-41-39-25-29(19-21-36(39)33-15-7-8-17-37(33)40(41)42)27-11-9-10-26(23-27)28-18-20-35-32-14-4-3-12-30(32)31-13-5-6-16-34(31)38(35)24-28/h2-25H,1,42H2/b43-22-. The summed E-state index contributed by atoms with van der Waals surface area (Å²) >= 11 is 0. The molecule has 8 rings (SSSR count). The molecule has 0 atom stereocenters. The number of benzene rings is 8. The van der Waals surface area contributed by atoms with Crippen molar-refractivity contribution < 1.29 is 0 Å². The van der Waals surface area contributed by atoms with Crippen molar-refractivity contribution >= 4 is 71.5 Å². The third-order valence-corrected chi connectivity index (χ3v) is 8.62. The van der Waals surface area contributed by atoms with E-state index in [0.717, 1.165) is 38.4 Å². The van der Waals surface area contributed by atoms with E-state index in [2.05, 4.69) is 134 Å². The van der Waals surface area contributed by atoms with Gasteiger partial charge >= 0.3 is 0 Å². The molecule has 0 unspecified atom stereocenters. The van der Waals surface area contributed by atoms with Gasteiger partial charge in [0.1, 0.15) is 0 Å². The third-order valence-electron chi connectivity index (χ3n) is 8.62. The van der Waals surface area contributed by atoms with Crippen LogP contribution < -0.4 is 5.73 Å². The van der Waals surface area contributed by atoms with Crippen molar-refractivity contribution in [3.05, 3.63) is 146 Å². The largest absolute Gasteiger partial charge is 0.396 e. The zero-order chi connectivity index (χ0) is 28.9. The summed E-state index contributed by atoms with van der Waals surface area (Å²) in [4.78, 5) is 4.71. The molecule has 0 fully saturated rings. The molecule has 0 heterocycles. The average molecular weight is 549 g/mol. The number of allylic oxidation sites excluding steroid dienone is 1. The minimum Gasteiger partial charge on any atom is -0.396 e. The molecule has 8 aromatic rings. The van der Waals surface area contributed by atoms with Crippen molar-refractivity contribution in [3.8, 4) is 22.3 Å². The summed E-state index contributed by atoms with van der Waals surface area (Å²) in [6.07, 6.45) is 3.39. The third kappa shape index (κ3) is 3.99. The second-order valence-corrected chi connectivity index (χ2v) is 11.0. The molecule has 0 amide bonds. The Morgan fingerprint density at radius 2 is 0.837 bits per heavy atom. The number of hydrogen-bond donors (Lipinski definition) is 1. The fraction of sp³-hybridized carbons (Fsp3) is 0. The van der Waals surface area contributed by atoms with Gasteiger partial charge in [0.25, 0.3) is 0 Å². The van der Waals surface area contributed by atoms with Crippen LogP contribution in [0.4, 0.5) is 11.4 Å². The Morgan fingerprint density at radius 1 is 0.419 bits per heavy atom. The Hall–Kier alpha value is -5.73. The zero-order valence-electron chi connectivity index (χ0n) is 23.6. The number of nitrogens with zero attached hydrogens (tertiary/aromatic N) is 1. The maximum Gasteiger partial charge on any atom is 0.0943 e. The van der Waals surface area contributed by atoms with Gasteiger partial charge in [-0.05, 0) is 83.5 Å². The zero-order valence-corrected chi connectivity index (χ0v) is 23.6. The Kier molecular flexibility index (Phi) is 5.80. The predicted octanol–water partition coefficient (Wildman–Crippen LogP) is 11.3. The first-order chi connectivity index (χ1) is 21.2. The van der Waals surface area contributed by atoms with E-state index in [1.54, 1.807) is 12.3 Å². The molecule has 2 N–H and O–H groups in total. The highest BCUT2D eigenvalue weighted by atomic mass is 14.8. The van der Waals surface area contributed by atoms with Crippen LogP contribution in [0.25, 0.3) is 76.1 Å². The summed E-state index contributed by atoms with van der Waals surface area (Å²) < 4.78 is 0. The number of anilines is 1. The molecule has 2 nitrogen and oxygen atoms in total. The van der Waals surface area contributed by atoms with Gasteiger partial charge in [0.05, 0.1) is 11.4 Å². The molecular formula is C41H28N2. The number of hydrogen-bond acceptors (Lipinski definition) is 2. The molecule has 0 bridgehead atoms. The summed E-state index contributed by atoms with van der Waals surface area (Å²) in [6, 6.07) is 48.0. The lowest BCUT2D eigenvalue weighted by Gasteiger charge is -2.14. The Morgan fingerprint density at radius 3 is 1.40 bits per heavy atom. The van der Waals surface area contributed by atoms with E-state index in [1.165, 1.54) is 43.4 Å². The highest BCUT2D eigenvalue weighted by Crippen LogP contribution is 2.42. The topological polar surface area (TPSA) is 38.4 Å². The molecular weight excluding hydrogens is 520 g/mol. The van der Waals surface area contributed by atoms with Crippen molar-refractivity contribution in [1.29, 1.82) is 0 Å². The smallest absolute Gasteiger partial charge is 0.0943 e. The molecule has 43 heavy (non-hydrogen) atoms. The first kappa shape index (κ1) is 25.0. The number of nitrogens with two attached hydrogens (primary N) is 1. The van der Waals surface area contributed by atoms with Crippen LogP contribution >= 0.6 is 0 Å². The van der Waals surface area contributed by atoms with E-state index in [1.807, 2.05) is 6.07 Å². The predicted molar refractivity (Wildman–Crippen MR) is 188 cm³/mol. The van der Waals surface area contributed by atoms with E-state index in [4.69, 9.17) is 10.7 Å². The lowest BCUT2D eigenvalue weighted by molar-refractivity contribution is 1.58. The molecule has 0 aliphatic carbocycles. The van der Waals surface area contributed by atoms with Crippen LogP contribution in [0.2, 0.25) is 0 Å². The Bertz CT molecular complexity index is 2400. The molecule has 0 spiro atoms. The minimum atomic E-state index is 0.683. The van der Waals surface area contributed by atoms with Crippen LogP contribution in [-0.4, -0.2) is 6.21 Å². The fourth-order valence-corrected chi connectivity index (χ4v) is 6.61. The van der Waals surface area contributed by atoms with Gasteiger partial charge in [0.2, 0.25) is 0 Å². The van der Waals surface area contributed by atoms with Crippen molar-refractivity contribution in [1.82, 2.24) is 0 Å². The summed E-state index contributed by atoms with van der Waals surface area (Å²) in [6.45, 7) is 3.81. The highest BCUT2D eigenvalue weighted by molar-refractivity contribution is 6.26. The average Bonchev–Trinajstić information content (AvgIpc) is 3.08. The van der Waals surface area contributed by atoms with Gasteiger partial charge in [-0.25, -0.2) is 0 Å². The minimum absolute atomic E-state index is 0.683. The van der Waals surface area contributed by atoms with E-state index >= 15 is 0 Å². The second-order valence-electron chi connectivity index (χ2n) is 11.0. The van der Waals surface area contributed by atoms with Gasteiger partial charge in [-0.2, -0.15) is 0 Å². The second kappa shape index (κ2) is 9.97. The van der Waals surface area contributed by atoms with Crippen molar-refractivity contribution in [3.63, 3.8) is 0 Å². The molecule has 2 heteroatoms. The van der Waals surface area contributed by atoms with Crippen LogP contribution in [0.3, 0.4) is 0 Å². The van der Waals surface area contributed by atoms with Crippen molar-refractivity contribution in [2.24, 2.45) is 4.99 Å². The highest BCUT2D eigenvalue weighted by Gasteiger charge is 2.14. The lowest BCUT2D eigenvalue weighted by Crippen LogP contribution is -1.91. The molecule has 8 aromatic carbocycles. The molecule has 0 aliphatic heterocycles.